The van der Waals surface area contributed by atoms with Gasteiger partial charge in [0.2, 0.25) is 0 Å². The van der Waals surface area contributed by atoms with Gasteiger partial charge in [-0.1, -0.05) is 25.4 Å². The Morgan fingerprint density at radius 3 is 2.71 bits per heavy atom. The van der Waals surface area contributed by atoms with Crippen molar-refractivity contribution in [3.8, 4) is 0 Å². The number of hydrogen-bond donors (Lipinski definition) is 3. The molecule has 6 nitrogen and oxygen atoms in total. The lowest BCUT2D eigenvalue weighted by Gasteiger charge is -2.30. The smallest absolute Gasteiger partial charge is 0.319 e. The Morgan fingerprint density at radius 2 is 2.08 bits per heavy atom. The maximum atomic E-state index is 12.3. The number of morpholine rings is 1. The van der Waals surface area contributed by atoms with E-state index in [0.717, 1.165) is 25.2 Å². The van der Waals surface area contributed by atoms with Crippen LogP contribution in [0, 0.1) is 5.92 Å². The van der Waals surface area contributed by atoms with E-state index in [1.54, 1.807) is 6.07 Å². The van der Waals surface area contributed by atoms with Gasteiger partial charge in [-0.15, -0.1) is 0 Å². The van der Waals surface area contributed by atoms with Gasteiger partial charge in [-0.25, -0.2) is 4.79 Å². The van der Waals surface area contributed by atoms with Crippen LogP contribution < -0.4 is 15.5 Å². The van der Waals surface area contributed by atoms with Gasteiger partial charge in [0.25, 0.3) is 0 Å². The van der Waals surface area contributed by atoms with Crippen LogP contribution in [0.2, 0.25) is 5.02 Å². The van der Waals surface area contributed by atoms with Gasteiger partial charge in [0.15, 0.2) is 0 Å². The van der Waals surface area contributed by atoms with E-state index in [9.17, 15) is 9.90 Å². The quantitative estimate of drug-likeness (QED) is 0.733. The first-order chi connectivity index (χ1) is 11.5. The third-order valence-corrected chi connectivity index (χ3v) is 4.11. The van der Waals surface area contributed by atoms with Crippen molar-refractivity contribution in [2.75, 3.05) is 43.1 Å². The first-order valence-corrected chi connectivity index (χ1v) is 8.68. The van der Waals surface area contributed by atoms with Gasteiger partial charge >= 0.3 is 6.03 Å². The van der Waals surface area contributed by atoms with Crippen LogP contribution in [0.15, 0.2) is 18.2 Å². The van der Waals surface area contributed by atoms with E-state index < -0.39 is 0 Å². The number of aliphatic hydroxyl groups excluding tert-OH is 1. The Bertz CT molecular complexity index is 548. The summed E-state index contributed by atoms with van der Waals surface area (Å²) in [4.78, 5) is 14.4. The summed E-state index contributed by atoms with van der Waals surface area (Å²) in [6.07, 6.45) is 0.718. The number of halogens is 1. The van der Waals surface area contributed by atoms with Gasteiger partial charge in [0, 0.05) is 18.1 Å². The molecule has 134 valence electrons. The summed E-state index contributed by atoms with van der Waals surface area (Å²) in [5, 5.41) is 15.6. The topological polar surface area (TPSA) is 73.8 Å². The Hall–Kier alpha value is -1.50. The third kappa shape index (κ3) is 5.54. The van der Waals surface area contributed by atoms with Gasteiger partial charge < -0.3 is 25.4 Å². The number of nitrogens with one attached hydrogen (secondary N) is 2. The molecule has 2 amide bonds. The molecule has 7 heteroatoms. The summed E-state index contributed by atoms with van der Waals surface area (Å²) < 4.78 is 5.37. The van der Waals surface area contributed by atoms with E-state index in [1.807, 2.05) is 12.1 Å². The standard InChI is InChI=1S/C17H26ClN3O3/c1-12(2)9-14(11-22)19-17(23)20-15-10-13(18)3-4-16(15)21-5-7-24-8-6-21/h3-4,10,12,14,22H,5-9,11H2,1-2H3,(H2,19,20,23). The maximum absolute atomic E-state index is 12.3. The Kier molecular flexibility index (Phi) is 7.15. The average Bonchev–Trinajstić information content (AvgIpc) is 2.54. The van der Waals surface area contributed by atoms with Gasteiger partial charge in [0.05, 0.1) is 37.2 Å². The lowest BCUT2D eigenvalue weighted by Crippen LogP contribution is -2.41. The van der Waals surface area contributed by atoms with Gasteiger partial charge in [-0.05, 0) is 30.5 Å². The second-order valence-electron chi connectivity index (χ2n) is 6.37. The first kappa shape index (κ1) is 18.8. The number of urea groups is 1. The van der Waals surface area contributed by atoms with Crippen molar-refractivity contribution in [3.05, 3.63) is 23.2 Å². The minimum Gasteiger partial charge on any atom is -0.394 e. The van der Waals surface area contributed by atoms with Gasteiger partial charge in [-0.3, -0.25) is 0 Å². The van der Waals surface area contributed by atoms with E-state index in [-0.39, 0.29) is 18.7 Å². The first-order valence-electron chi connectivity index (χ1n) is 8.30. The van der Waals surface area contributed by atoms with Crippen molar-refractivity contribution in [2.45, 2.75) is 26.3 Å². The largest absolute Gasteiger partial charge is 0.394 e. The summed E-state index contributed by atoms with van der Waals surface area (Å²) in [6, 6.07) is 4.84. The number of carbonyl (C=O) groups is 1. The summed E-state index contributed by atoms with van der Waals surface area (Å²) in [7, 11) is 0. The molecular weight excluding hydrogens is 330 g/mol. The molecule has 2 rings (SSSR count). The van der Waals surface area contributed by atoms with Crippen LogP contribution in [0.25, 0.3) is 0 Å². The molecule has 1 aliphatic rings. The molecule has 0 radical (unpaired) electrons. The fourth-order valence-electron chi connectivity index (χ4n) is 2.78. The molecule has 24 heavy (non-hydrogen) atoms. The van der Waals surface area contributed by atoms with Crippen LogP contribution >= 0.6 is 11.6 Å². The zero-order chi connectivity index (χ0) is 17.5. The molecule has 1 heterocycles. The second kappa shape index (κ2) is 9.11. The molecule has 1 atom stereocenters. The third-order valence-electron chi connectivity index (χ3n) is 3.87. The van der Waals surface area contributed by atoms with E-state index in [0.29, 0.717) is 29.8 Å². The molecular formula is C17H26ClN3O3. The number of ether oxygens (including phenoxy) is 1. The van der Waals surface area contributed by atoms with E-state index in [4.69, 9.17) is 16.3 Å². The van der Waals surface area contributed by atoms with Crippen LogP contribution in [0.1, 0.15) is 20.3 Å². The number of nitrogens with zero attached hydrogens (tertiary/aromatic N) is 1. The number of amides is 2. The van der Waals surface area contributed by atoms with Crippen molar-refractivity contribution in [2.24, 2.45) is 5.92 Å². The lowest BCUT2D eigenvalue weighted by molar-refractivity contribution is 0.123. The fraction of sp³-hybridized carbons (Fsp3) is 0.588. The van der Waals surface area contributed by atoms with Crippen molar-refractivity contribution in [1.82, 2.24) is 5.32 Å². The normalized spacial score (nSPS) is 16.1. The number of benzene rings is 1. The highest BCUT2D eigenvalue weighted by atomic mass is 35.5. The van der Waals surface area contributed by atoms with Crippen LogP contribution in [0.4, 0.5) is 16.2 Å². The maximum Gasteiger partial charge on any atom is 0.319 e. The van der Waals surface area contributed by atoms with E-state index in [1.165, 1.54) is 0 Å². The predicted molar refractivity (Wildman–Crippen MR) is 97.0 cm³/mol. The Balaban J connectivity index is 2.07. The summed E-state index contributed by atoms with van der Waals surface area (Å²) >= 11 is 6.09. The zero-order valence-corrected chi connectivity index (χ0v) is 15.0. The van der Waals surface area contributed by atoms with Gasteiger partial charge in [0.1, 0.15) is 0 Å². The highest BCUT2D eigenvalue weighted by Crippen LogP contribution is 2.29. The number of rotatable bonds is 6. The number of aliphatic hydroxyl groups is 1. The van der Waals surface area contributed by atoms with E-state index in [2.05, 4.69) is 29.4 Å². The van der Waals surface area contributed by atoms with E-state index >= 15 is 0 Å². The predicted octanol–water partition coefficient (Wildman–Crippen LogP) is 2.71. The minimum absolute atomic E-state index is 0.0858. The Labute approximate surface area is 148 Å². The molecule has 0 saturated carbocycles. The molecule has 1 unspecified atom stereocenters. The molecule has 1 aromatic carbocycles. The van der Waals surface area contributed by atoms with Crippen molar-refractivity contribution in [3.63, 3.8) is 0 Å². The van der Waals surface area contributed by atoms with Crippen molar-refractivity contribution in [1.29, 1.82) is 0 Å². The molecule has 1 fully saturated rings. The second-order valence-corrected chi connectivity index (χ2v) is 6.80. The molecule has 1 aromatic rings. The average molecular weight is 356 g/mol. The number of hydrogen-bond acceptors (Lipinski definition) is 4. The zero-order valence-electron chi connectivity index (χ0n) is 14.2. The molecule has 1 aliphatic heterocycles. The fourth-order valence-corrected chi connectivity index (χ4v) is 2.95. The van der Waals surface area contributed by atoms with Crippen molar-refractivity contribution >= 4 is 29.0 Å². The van der Waals surface area contributed by atoms with Crippen LogP contribution in [-0.2, 0) is 4.74 Å². The lowest BCUT2D eigenvalue weighted by atomic mass is 10.0. The molecule has 0 aromatic heterocycles. The number of anilines is 2. The molecule has 1 saturated heterocycles. The monoisotopic (exact) mass is 355 g/mol. The molecule has 0 aliphatic carbocycles. The van der Waals surface area contributed by atoms with Gasteiger partial charge in [-0.2, -0.15) is 0 Å². The summed E-state index contributed by atoms with van der Waals surface area (Å²) in [5.74, 6) is 0.387. The molecule has 0 bridgehead atoms. The highest BCUT2D eigenvalue weighted by molar-refractivity contribution is 6.31. The van der Waals surface area contributed by atoms with Crippen molar-refractivity contribution < 1.29 is 14.6 Å². The number of carbonyl (C=O) groups excluding carboxylic acids is 1. The van der Waals surface area contributed by atoms with Crippen LogP contribution in [-0.4, -0.2) is 50.1 Å². The van der Waals surface area contributed by atoms with Crippen LogP contribution in [0.3, 0.4) is 0 Å². The Morgan fingerprint density at radius 1 is 1.38 bits per heavy atom. The SMILES string of the molecule is CC(C)CC(CO)NC(=O)Nc1cc(Cl)ccc1N1CCOCC1. The summed E-state index contributed by atoms with van der Waals surface area (Å²) in [6.45, 7) is 6.88. The molecule has 0 spiro atoms. The highest BCUT2D eigenvalue weighted by Gasteiger charge is 2.18. The summed E-state index contributed by atoms with van der Waals surface area (Å²) in [5.41, 5.74) is 1.57. The minimum atomic E-state index is -0.341. The van der Waals surface area contributed by atoms with Crippen LogP contribution in [0.5, 0.6) is 0 Å². The molecule has 3 N–H and O–H groups in total.